The second-order valence-corrected chi connectivity index (χ2v) is 5.11. The monoisotopic (exact) mass is 325 g/mol. The van der Waals surface area contributed by atoms with Crippen LogP contribution < -0.4 is 10.1 Å². The lowest BCUT2D eigenvalue weighted by molar-refractivity contribution is 0.306. The Balaban J connectivity index is 0.00000220. The van der Waals surface area contributed by atoms with E-state index in [-0.39, 0.29) is 12.4 Å². The molecule has 0 aliphatic carbocycles. The summed E-state index contributed by atoms with van der Waals surface area (Å²) in [6.45, 7) is 4.56. The summed E-state index contributed by atoms with van der Waals surface area (Å²) in [5, 5.41) is 4.13. The molecule has 0 aliphatic rings. The fourth-order valence-electron chi connectivity index (χ4n) is 1.93. The van der Waals surface area contributed by atoms with Crippen LogP contribution in [-0.2, 0) is 13.2 Å². The molecule has 0 spiro atoms. The summed E-state index contributed by atoms with van der Waals surface area (Å²) in [5.41, 5.74) is 2.23. The molecule has 0 fully saturated rings. The topological polar surface area (TPSA) is 21.3 Å². The molecular weight excluding hydrogens is 305 g/mol. The van der Waals surface area contributed by atoms with Crippen molar-refractivity contribution in [3.05, 3.63) is 64.7 Å². The van der Waals surface area contributed by atoms with Crippen molar-refractivity contribution in [2.45, 2.75) is 26.5 Å². The molecule has 2 aromatic carbocycles. The van der Waals surface area contributed by atoms with E-state index in [1.54, 1.807) is 0 Å². The second kappa shape index (κ2) is 9.67. The van der Waals surface area contributed by atoms with Crippen LogP contribution in [0.25, 0.3) is 0 Å². The molecule has 0 unspecified atom stereocenters. The molecule has 0 aromatic heterocycles. The number of rotatable bonds is 7. The summed E-state index contributed by atoms with van der Waals surface area (Å²) >= 11 is 6.12. The lowest BCUT2D eigenvalue weighted by Crippen LogP contribution is -2.13. The maximum absolute atomic E-state index is 6.12. The molecule has 1 N–H and O–H groups in total. The van der Waals surface area contributed by atoms with Crippen LogP contribution in [0.1, 0.15) is 24.5 Å². The van der Waals surface area contributed by atoms with Gasteiger partial charge in [0.15, 0.2) is 0 Å². The molecular formula is C17H21Cl2NO. The highest BCUT2D eigenvalue weighted by atomic mass is 35.5. The van der Waals surface area contributed by atoms with Crippen molar-refractivity contribution < 1.29 is 4.74 Å². The Hall–Kier alpha value is -1.22. The van der Waals surface area contributed by atoms with Gasteiger partial charge in [0.1, 0.15) is 12.4 Å². The smallest absolute Gasteiger partial charge is 0.120 e. The first-order valence-electron chi connectivity index (χ1n) is 6.95. The Morgan fingerprint density at radius 3 is 2.67 bits per heavy atom. The Morgan fingerprint density at radius 1 is 1.10 bits per heavy atom. The summed E-state index contributed by atoms with van der Waals surface area (Å²) < 4.78 is 5.81. The molecule has 0 saturated heterocycles. The highest BCUT2D eigenvalue weighted by Gasteiger charge is 2.01. The van der Waals surface area contributed by atoms with Gasteiger partial charge in [-0.2, -0.15) is 0 Å². The van der Waals surface area contributed by atoms with Crippen molar-refractivity contribution in [1.82, 2.24) is 5.32 Å². The highest BCUT2D eigenvalue weighted by molar-refractivity contribution is 6.31. The summed E-state index contributed by atoms with van der Waals surface area (Å²) in [6.07, 6.45) is 1.14. The number of halogens is 2. The fourth-order valence-corrected chi connectivity index (χ4v) is 2.12. The molecule has 2 aromatic rings. The van der Waals surface area contributed by atoms with Gasteiger partial charge in [-0.3, -0.25) is 0 Å². The van der Waals surface area contributed by atoms with Gasteiger partial charge in [-0.15, -0.1) is 12.4 Å². The molecule has 0 amide bonds. The lowest BCUT2D eigenvalue weighted by atomic mass is 10.2. The van der Waals surface area contributed by atoms with E-state index >= 15 is 0 Å². The zero-order chi connectivity index (χ0) is 14.2. The number of hydrogen-bond donors (Lipinski definition) is 1. The van der Waals surface area contributed by atoms with Crippen molar-refractivity contribution >= 4 is 24.0 Å². The maximum Gasteiger partial charge on any atom is 0.120 e. The van der Waals surface area contributed by atoms with Crippen LogP contribution in [0.4, 0.5) is 0 Å². The van der Waals surface area contributed by atoms with Crippen LogP contribution in [0, 0.1) is 0 Å². The minimum Gasteiger partial charge on any atom is -0.489 e. The van der Waals surface area contributed by atoms with E-state index in [1.807, 2.05) is 36.4 Å². The fraction of sp³-hybridized carbons (Fsp3) is 0.294. The molecule has 4 heteroatoms. The van der Waals surface area contributed by atoms with Crippen LogP contribution in [0.2, 0.25) is 5.02 Å². The van der Waals surface area contributed by atoms with E-state index in [4.69, 9.17) is 16.3 Å². The van der Waals surface area contributed by atoms with Crippen LogP contribution in [0.15, 0.2) is 48.5 Å². The minimum absolute atomic E-state index is 0. The molecule has 0 aliphatic heterocycles. The van der Waals surface area contributed by atoms with Gasteiger partial charge < -0.3 is 10.1 Å². The zero-order valence-corrected chi connectivity index (χ0v) is 13.7. The van der Waals surface area contributed by atoms with Crippen molar-refractivity contribution in [3.8, 4) is 5.75 Å². The zero-order valence-electron chi connectivity index (χ0n) is 12.1. The van der Waals surface area contributed by atoms with Gasteiger partial charge in [-0.25, -0.2) is 0 Å². The molecule has 0 saturated carbocycles. The van der Waals surface area contributed by atoms with Gasteiger partial charge in [-0.1, -0.05) is 48.9 Å². The van der Waals surface area contributed by atoms with Gasteiger partial charge in [0.25, 0.3) is 0 Å². The summed E-state index contributed by atoms with van der Waals surface area (Å²) in [4.78, 5) is 0. The first kappa shape index (κ1) is 17.8. The first-order valence-corrected chi connectivity index (χ1v) is 7.33. The Bertz CT molecular complexity index is 546. The van der Waals surface area contributed by atoms with Gasteiger partial charge in [0.2, 0.25) is 0 Å². The first-order chi connectivity index (χ1) is 9.79. The quantitative estimate of drug-likeness (QED) is 0.735. The Morgan fingerprint density at radius 2 is 1.90 bits per heavy atom. The summed E-state index contributed by atoms with van der Waals surface area (Å²) in [5.74, 6) is 0.876. The van der Waals surface area contributed by atoms with Crippen LogP contribution in [-0.4, -0.2) is 6.54 Å². The average Bonchev–Trinajstić information content (AvgIpc) is 2.47. The third kappa shape index (κ3) is 5.96. The summed E-state index contributed by atoms with van der Waals surface area (Å²) in [6, 6.07) is 15.9. The average molecular weight is 326 g/mol. The molecule has 0 bridgehead atoms. The van der Waals surface area contributed by atoms with Crippen molar-refractivity contribution in [2.75, 3.05) is 6.54 Å². The second-order valence-electron chi connectivity index (χ2n) is 4.70. The van der Waals surface area contributed by atoms with Gasteiger partial charge >= 0.3 is 0 Å². The molecule has 0 radical (unpaired) electrons. The predicted molar refractivity (Wildman–Crippen MR) is 91.5 cm³/mol. The number of ether oxygens (including phenoxy) is 1. The van der Waals surface area contributed by atoms with Crippen molar-refractivity contribution in [2.24, 2.45) is 0 Å². The SMILES string of the molecule is CCCNCc1cccc(OCc2ccccc2Cl)c1.Cl. The third-order valence-electron chi connectivity index (χ3n) is 3.01. The molecule has 114 valence electrons. The largest absolute Gasteiger partial charge is 0.489 e. The van der Waals surface area contributed by atoms with E-state index in [0.29, 0.717) is 6.61 Å². The molecule has 0 atom stereocenters. The summed E-state index contributed by atoms with van der Waals surface area (Å²) in [7, 11) is 0. The van der Waals surface area contributed by atoms with E-state index in [2.05, 4.69) is 24.4 Å². The molecule has 21 heavy (non-hydrogen) atoms. The number of benzene rings is 2. The maximum atomic E-state index is 6.12. The van der Waals surface area contributed by atoms with Gasteiger partial charge in [-0.05, 0) is 36.7 Å². The Labute approximate surface area is 137 Å². The number of hydrogen-bond acceptors (Lipinski definition) is 2. The number of nitrogens with one attached hydrogen (secondary N) is 1. The highest BCUT2D eigenvalue weighted by Crippen LogP contribution is 2.19. The predicted octanol–water partition coefficient (Wildman–Crippen LogP) is 4.84. The van der Waals surface area contributed by atoms with Crippen LogP contribution in [0.5, 0.6) is 5.75 Å². The molecule has 0 heterocycles. The van der Waals surface area contributed by atoms with E-state index < -0.39 is 0 Å². The standard InChI is InChI=1S/C17H20ClNO.ClH/c1-2-10-19-12-14-6-5-8-16(11-14)20-13-15-7-3-4-9-17(15)18;/h3-9,11,19H,2,10,12-13H2,1H3;1H. The van der Waals surface area contributed by atoms with Gasteiger partial charge in [0.05, 0.1) is 0 Å². The van der Waals surface area contributed by atoms with E-state index in [0.717, 1.165) is 35.8 Å². The van der Waals surface area contributed by atoms with E-state index in [1.165, 1.54) is 5.56 Å². The molecule has 2 nitrogen and oxygen atoms in total. The molecule has 2 rings (SSSR count). The third-order valence-corrected chi connectivity index (χ3v) is 3.38. The Kier molecular flexibility index (Phi) is 8.21. The van der Waals surface area contributed by atoms with Crippen LogP contribution in [0.3, 0.4) is 0 Å². The van der Waals surface area contributed by atoms with Crippen molar-refractivity contribution in [3.63, 3.8) is 0 Å². The minimum atomic E-state index is 0. The van der Waals surface area contributed by atoms with Crippen LogP contribution >= 0.6 is 24.0 Å². The van der Waals surface area contributed by atoms with Crippen molar-refractivity contribution in [1.29, 1.82) is 0 Å². The van der Waals surface area contributed by atoms with E-state index in [9.17, 15) is 0 Å². The van der Waals surface area contributed by atoms with Gasteiger partial charge in [0, 0.05) is 17.1 Å². The lowest BCUT2D eigenvalue weighted by Gasteiger charge is -2.09. The normalized spacial score (nSPS) is 10.0.